The molecule has 40 heavy (non-hydrogen) atoms. The van der Waals surface area contributed by atoms with E-state index >= 15 is 0 Å². The summed E-state index contributed by atoms with van der Waals surface area (Å²) in [6.07, 6.45) is 5.09. The molecule has 3 amide bonds. The largest absolute Gasteiger partial charge is 0.458 e. The molecule has 0 fully saturated rings. The van der Waals surface area contributed by atoms with Gasteiger partial charge in [0.05, 0.1) is 0 Å². The summed E-state index contributed by atoms with van der Waals surface area (Å²) in [4.78, 5) is 53.2. The predicted octanol–water partition coefficient (Wildman–Crippen LogP) is 4.05. The third-order valence-electron chi connectivity index (χ3n) is 5.35. The van der Waals surface area contributed by atoms with Gasteiger partial charge in [0.1, 0.15) is 29.8 Å². The normalized spacial score (nSPS) is 12.8. The van der Waals surface area contributed by atoms with E-state index in [9.17, 15) is 19.2 Å². The number of carbonyl (C=O) groups is 4. The Kier molecular flexibility index (Phi) is 10.9. The Morgan fingerprint density at radius 2 is 1.55 bits per heavy atom. The van der Waals surface area contributed by atoms with Crippen molar-refractivity contribution < 1.29 is 28.7 Å². The molecule has 0 radical (unpaired) electrons. The van der Waals surface area contributed by atoms with Gasteiger partial charge in [0, 0.05) is 12.5 Å². The maximum atomic E-state index is 13.8. The summed E-state index contributed by atoms with van der Waals surface area (Å²) in [6.45, 7) is 11.6. The molecule has 0 saturated carbocycles. The average molecular weight is 550 g/mol. The van der Waals surface area contributed by atoms with Gasteiger partial charge in [-0.2, -0.15) is 0 Å². The first kappa shape index (κ1) is 31.9. The van der Waals surface area contributed by atoms with Gasteiger partial charge < -0.3 is 20.1 Å². The monoisotopic (exact) mass is 549 g/mol. The first-order chi connectivity index (χ1) is 18.6. The Hall–Kier alpha value is -4.32. The summed E-state index contributed by atoms with van der Waals surface area (Å²) in [5.74, 6) is -2.02. The van der Waals surface area contributed by atoms with Gasteiger partial charge >= 0.3 is 12.1 Å². The van der Waals surface area contributed by atoms with Crippen molar-refractivity contribution >= 4 is 23.9 Å². The third-order valence-corrected chi connectivity index (χ3v) is 5.35. The zero-order valence-electron chi connectivity index (χ0n) is 24.2. The maximum absolute atomic E-state index is 13.8. The van der Waals surface area contributed by atoms with Crippen LogP contribution in [0.1, 0.15) is 64.3 Å². The summed E-state index contributed by atoms with van der Waals surface area (Å²) in [5.41, 5.74) is 0.514. The van der Waals surface area contributed by atoms with Gasteiger partial charge in [-0.15, -0.1) is 0 Å². The first-order valence-electron chi connectivity index (χ1n) is 13.0. The lowest BCUT2D eigenvalue weighted by Crippen LogP contribution is -2.51. The van der Waals surface area contributed by atoms with Crippen LogP contribution in [0.25, 0.3) is 0 Å². The number of terminal acetylenes is 1. The van der Waals surface area contributed by atoms with Gasteiger partial charge in [-0.05, 0) is 59.6 Å². The van der Waals surface area contributed by atoms with Crippen LogP contribution >= 0.6 is 0 Å². The number of ether oxygens (including phenoxy) is 2. The summed E-state index contributed by atoms with van der Waals surface area (Å²) in [5, 5.41) is 5.13. The summed E-state index contributed by atoms with van der Waals surface area (Å²) >= 11 is 0. The molecule has 2 rings (SSSR count). The molecule has 0 aliphatic carbocycles. The molecule has 0 saturated heterocycles. The standard InChI is InChI=1S/C31H39N3O6/c1-9-34(25(35)20-32-29(38)40-31(6,7)8)26(23-17-13-14-21(2)18-23)27(36)33-24(28(37)39-30(3,4)5)19-22-15-11-10-12-16-22/h1,10-18,24,26H,19-20H2,2-8H3,(H,32,38)(H,33,36). The molecular formula is C31H39N3O6. The van der Waals surface area contributed by atoms with Crippen LogP contribution in [-0.2, 0) is 30.3 Å². The summed E-state index contributed by atoms with van der Waals surface area (Å²) in [7, 11) is 0. The zero-order valence-corrected chi connectivity index (χ0v) is 24.2. The SMILES string of the molecule is C#CN(C(=O)CNC(=O)OC(C)(C)C)C(C(=O)NC(Cc1ccccc1)C(=O)OC(C)(C)C)c1cccc(C)c1. The number of esters is 1. The van der Waals surface area contributed by atoms with E-state index < -0.39 is 53.7 Å². The van der Waals surface area contributed by atoms with Gasteiger partial charge in [0.25, 0.3) is 5.91 Å². The molecule has 2 atom stereocenters. The van der Waals surface area contributed by atoms with E-state index in [2.05, 4.69) is 16.7 Å². The molecular weight excluding hydrogens is 510 g/mol. The predicted molar refractivity (Wildman–Crippen MR) is 152 cm³/mol. The fourth-order valence-corrected chi connectivity index (χ4v) is 3.76. The molecule has 0 spiro atoms. The van der Waals surface area contributed by atoms with E-state index in [1.54, 1.807) is 59.7 Å². The molecule has 2 aromatic rings. The molecule has 9 nitrogen and oxygen atoms in total. The summed E-state index contributed by atoms with van der Waals surface area (Å²) in [6, 6.07) is 16.1. The topological polar surface area (TPSA) is 114 Å². The molecule has 9 heteroatoms. The molecule has 2 unspecified atom stereocenters. The number of carbonyl (C=O) groups excluding carboxylic acids is 4. The van der Waals surface area contributed by atoms with Gasteiger partial charge in [0.2, 0.25) is 5.91 Å². The second-order valence-corrected chi connectivity index (χ2v) is 11.3. The van der Waals surface area contributed by atoms with Gasteiger partial charge in [-0.3, -0.25) is 14.5 Å². The number of nitrogens with zero attached hydrogens (tertiary/aromatic N) is 1. The van der Waals surface area contributed by atoms with Crippen LogP contribution in [0, 0.1) is 19.4 Å². The number of rotatable bonds is 9. The smallest absolute Gasteiger partial charge is 0.408 e. The van der Waals surface area contributed by atoms with E-state index in [0.717, 1.165) is 16.0 Å². The van der Waals surface area contributed by atoms with Crippen LogP contribution in [0.15, 0.2) is 54.6 Å². The molecule has 0 bridgehead atoms. The number of benzene rings is 2. The van der Waals surface area contributed by atoms with Gasteiger partial charge in [0.15, 0.2) is 0 Å². The lowest BCUT2D eigenvalue weighted by Gasteiger charge is -2.29. The Labute approximate surface area is 236 Å². The molecule has 0 aliphatic rings. The van der Waals surface area contributed by atoms with E-state index in [1.807, 2.05) is 43.3 Å². The highest BCUT2D eigenvalue weighted by Crippen LogP contribution is 2.23. The fraction of sp³-hybridized carbons (Fsp3) is 0.419. The molecule has 2 aromatic carbocycles. The molecule has 2 N–H and O–H groups in total. The van der Waals surface area contributed by atoms with Crippen LogP contribution in [-0.4, -0.2) is 52.6 Å². The number of hydrogen-bond donors (Lipinski definition) is 2. The minimum absolute atomic E-state index is 0.159. The number of amides is 3. The van der Waals surface area contributed by atoms with Crippen molar-refractivity contribution in [3.8, 4) is 12.5 Å². The van der Waals surface area contributed by atoms with Crippen molar-refractivity contribution in [2.24, 2.45) is 0 Å². The number of alkyl carbamates (subject to hydrolysis) is 1. The highest BCUT2D eigenvalue weighted by molar-refractivity contribution is 5.93. The third kappa shape index (κ3) is 10.4. The van der Waals surface area contributed by atoms with Crippen LogP contribution < -0.4 is 10.6 Å². The van der Waals surface area contributed by atoms with Crippen LogP contribution in [0.4, 0.5) is 4.79 Å². The van der Waals surface area contributed by atoms with Gasteiger partial charge in [-0.25, -0.2) is 9.59 Å². The van der Waals surface area contributed by atoms with E-state index in [1.165, 1.54) is 0 Å². The number of nitrogens with one attached hydrogen (secondary N) is 2. The van der Waals surface area contributed by atoms with Crippen molar-refractivity contribution in [1.82, 2.24) is 15.5 Å². The van der Waals surface area contributed by atoms with Gasteiger partial charge in [-0.1, -0.05) is 66.6 Å². The Morgan fingerprint density at radius 1 is 0.925 bits per heavy atom. The number of hydrogen-bond acceptors (Lipinski definition) is 6. The second-order valence-electron chi connectivity index (χ2n) is 11.3. The zero-order chi connectivity index (χ0) is 30.1. The molecule has 0 heterocycles. The van der Waals surface area contributed by atoms with E-state index in [0.29, 0.717) is 5.56 Å². The van der Waals surface area contributed by atoms with Crippen molar-refractivity contribution in [2.45, 2.75) is 78.2 Å². The highest BCUT2D eigenvalue weighted by atomic mass is 16.6. The maximum Gasteiger partial charge on any atom is 0.408 e. The Balaban J connectivity index is 2.39. The van der Waals surface area contributed by atoms with Crippen molar-refractivity contribution in [3.05, 3.63) is 71.3 Å². The van der Waals surface area contributed by atoms with Crippen LogP contribution in [0.5, 0.6) is 0 Å². The minimum atomic E-state index is -1.29. The lowest BCUT2D eigenvalue weighted by molar-refractivity contribution is -0.159. The van der Waals surface area contributed by atoms with Crippen molar-refractivity contribution in [3.63, 3.8) is 0 Å². The number of aryl methyl sites for hydroxylation is 1. The second kappa shape index (κ2) is 13.7. The Bertz CT molecular complexity index is 1240. The van der Waals surface area contributed by atoms with Crippen LogP contribution in [0.3, 0.4) is 0 Å². The lowest BCUT2D eigenvalue weighted by atomic mass is 10.0. The first-order valence-corrected chi connectivity index (χ1v) is 13.0. The molecule has 214 valence electrons. The molecule has 0 aliphatic heterocycles. The highest BCUT2D eigenvalue weighted by Gasteiger charge is 2.35. The van der Waals surface area contributed by atoms with Crippen molar-refractivity contribution in [1.29, 1.82) is 0 Å². The quantitative estimate of drug-likeness (QED) is 0.277. The van der Waals surface area contributed by atoms with E-state index in [4.69, 9.17) is 15.9 Å². The minimum Gasteiger partial charge on any atom is -0.458 e. The van der Waals surface area contributed by atoms with Crippen LogP contribution in [0.2, 0.25) is 0 Å². The summed E-state index contributed by atoms with van der Waals surface area (Å²) < 4.78 is 10.8. The van der Waals surface area contributed by atoms with E-state index in [-0.39, 0.29) is 6.42 Å². The average Bonchev–Trinajstić information content (AvgIpc) is 2.83. The Morgan fingerprint density at radius 3 is 2.10 bits per heavy atom. The molecule has 0 aromatic heterocycles. The van der Waals surface area contributed by atoms with Crippen molar-refractivity contribution in [2.75, 3.05) is 6.54 Å². The fourth-order valence-electron chi connectivity index (χ4n) is 3.76.